The number of nitrogens with zero attached hydrogens (tertiary/aromatic N) is 3. The average Bonchev–Trinajstić information content (AvgIpc) is 2.97. The van der Waals surface area contributed by atoms with E-state index in [4.69, 9.17) is 16.6 Å². The van der Waals surface area contributed by atoms with Crippen molar-refractivity contribution in [3.05, 3.63) is 50.1 Å². The van der Waals surface area contributed by atoms with E-state index < -0.39 is 6.10 Å². The van der Waals surface area contributed by atoms with E-state index in [2.05, 4.69) is 17.3 Å². The summed E-state index contributed by atoms with van der Waals surface area (Å²) in [4.78, 5) is 22.4. The topological polar surface area (TPSA) is 70.4 Å². The van der Waals surface area contributed by atoms with E-state index in [1.165, 1.54) is 4.88 Å². The number of halogens is 1. The molecule has 27 heavy (non-hydrogen) atoms. The summed E-state index contributed by atoms with van der Waals surface area (Å²) in [5.74, 6) is 0.419. The first kappa shape index (κ1) is 18.4. The minimum atomic E-state index is -0.560. The lowest BCUT2D eigenvalue weighted by Crippen LogP contribution is -2.28. The fourth-order valence-electron chi connectivity index (χ4n) is 3.38. The summed E-state index contributed by atoms with van der Waals surface area (Å²) in [7, 11) is 2.08. The van der Waals surface area contributed by atoms with Gasteiger partial charge in [0.15, 0.2) is 0 Å². The second kappa shape index (κ2) is 7.24. The Morgan fingerprint density at radius 3 is 3.00 bits per heavy atom. The van der Waals surface area contributed by atoms with Crippen LogP contribution < -0.4 is 10.9 Å². The normalized spacial score (nSPS) is 15.7. The number of aliphatic hydroxyl groups excluding tert-OH is 1. The van der Waals surface area contributed by atoms with Gasteiger partial charge in [-0.25, -0.2) is 9.55 Å². The molecule has 1 aromatic carbocycles. The van der Waals surface area contributed by atoms with Crippen molar-refractivity contribution in [1.29, 1.82) is 0 Å². The van der Waals surface area contributed by atoms with Crippen LogP contribution in [0.15, 0.2) is 29.1 Å². The first-order valence-electron chi connectivity index (χ1n) is 8.87. The summed E-state index contributed by atoms with van der Waals surface area (Å²) in [5, 5.41) is 14.0. The van der Waals surface area contributed by atoms with Crippen LogP contribution in [0.5, 0.6) is 0 Å². The van der Waals surface area contributed by atoms with Crippen LogP contribution in [0.4, 0.5) is 5.95 Å². The summed E-state index contributed by atoms with van der Waals surface area (Å²) in [6.07, 6.45) is 0.286. The summed E-state index contributed by atoms with van der Waals surface area (Å²) >= 11 is 7.73. The molecule has 0 amide bonds. The summed E-state index contributed by atoms with van der Waals surface area (Å²) in [6, 6.07) is 7.16. The van der Waals surface area contributed by atoms with Gasteiger partial charge >= 0.3 is 0 Å². The van der Waals surface area contributed by atoms with Gasteiger partial charge < -0.3 is 15.3 Å². The van der Waals surface area contributed by atoms with Crippen molar-refractivity contribution < 1.29 is 5.11 Å². The van der Waals surface area contributed by atoms with Crippen molar-refractivity contribution in [1.82, 2.24) is 14.5 Å². The van der Waals surface area contributed by atoms with Crippen LogP contribution in [0.2, 0.25) is 5.02 Å². The van der Waals surface area contributed by atoms with E-state index >= 15 is 0 Å². The van der Waals surface area contributed by atoms with Crippen LogP contribution in [0.3, 0.4) is 0 Å². The minimum absolute atomic E-state index is 0.0996. The number of benzene rings is 1. The Labute approximate surface area is 166 Å². The molecule has 1 unspecified atom stereocenters. The molecule has 0 bridgehead atoms. The summed E-state index contributed by atoms with van der Waals surface area (Å²) in [5.41, 5.74) is 1.67. The van der Waals surface area contributed by atoms with E-state index in [1.807, 2.05) is 12.1 Å². The van der Waals surface area contributed by atoms with E-state index in [1.54, 1.807) is 35.0 Å². The molecule has 1 atom stereocenters. The highest BCUT2D eigenvalue weighted by molar-refractivity contribution is 7.18. The zero-order chi connectivity index (χ0) is 19.1. The minimum Gasteiger partial charge on any atom is -0.392 e. The number of aromatic nitrogens is 2. The Morgan fingerprint density at radius 1 is 1.44 bits per heavy atom. The second-order valence-electron chi connectivity index (χ2n) is 6.96. The Balaban J connectivity index is 1.96. The summed E-state index contributed by atoms with van der Waals surface area (Å²) in [6.45, 7) is 3.75. The maximum Gasteiger partial charge on any atom is 0.268 e. The largest absolute Gasteiger partial charge is 0.392 e. The lowest BCUT2D eigenvalue weighted by atomic mass is 10.1. The molecule has 2 N–H and O–H groups in total. The number of aliphatic hydroxyl groups is 1. The smallest absolute Gasteiger partial charge is 0.268 e. The highest BCUT2D eigenvalue weighted by Crippen LogP contribution is 2.33. The van der Waals surface area contributed by atoms with Gasteiger partial charge in [0.25, 0.3) is 5.56 Å². The molecule has 6 nitrogen and oxygen atoms in total. The van der Waals surface area contributed by atoms with E-state index in [0.29, 0.717) is 28.6 Å². The molecule has 1 aliphatic heterocycles. The molecule has 0 saturated heterocycles. The van der Waals surface area contributed by atoms with Gasteiger partial charge in [0, 0.05) is 29.5 Å². The third kappa shape index (κ3) is 3.48. The standard InChI is InChI=1S/C19H21ClN4O2S/c1-11(25)9-21-19-22-17-16(14-6-7-23(2)10-15(14)27-17)18(26)24(19)13-5-3-4-12(20)8-13/h3-5,8,11,25H,6-7,9-10H2,1-2H3,(H,21,22). The monoisotopic (exact) mass is 404 g/mol. The molecule has 0 saturated carbocycles. The number of hydrogen-bond acceptors (Lipinski definition) is 6. The van der Waals surface area contributed by atoms with Crippen molar-refractivity contribution in [2.24, 2.45) is 0 Å². The zero-order valence-electron chi connectivity index (χ0n) is 15.2. The number of anilines is 1. The predicted octanol–water partition coefficient (Wildman–Crippen LogP) is 2.88. The maximum atomic E-state index is 13.5. The SMILES string of the molecule is CC(O)CNc1nc2sc3c(c2c(=O)n1-c1cccc(Cl)c1)CCN(C)C3. The van der Waals surface area contributed by atoms with Gasteiger partial charge in [-0.2, -0.15) is 0 Å². The Morgan fingerprint density at radius 2 is 2.26 bits per heavy atom. The van der Waals surface area contributed by atoms with Crippen LogP contribution in [-0.4, -0.2) is 45.8 Å². The van der Waals surface area contributed by atoms with Crippen LogP contribution >= 0.6 is 22.9 Å². The van der Waals surface area contributed by atoms with Gasteiger partial charge in [-0.3, -0.25) is 4.79 Å². The second-order valence-corrected chi connectivity index (χ2v) is 8.48. The van der Waals surface area contributed by atoms with Crippen molar-refractivity contribution in [3.63, 3.8) is 0 Å². The van der Waals surface area contributed by atoms with Crippen molar-refractivity contribution in [2.75, 3.05) is 25.5 Å². The average molecular weight is 405 g/mol. The third-order valence-corrected chi connectivity index (χ3v) is 6.03. The molecular formula is C19H21ClN4O2S. The Kier molecular flexibility index (Phi) is 4.94. The zero-order valence-corrected chi connectivity index (χ0v) is 16.8. The first-order chi connectivity index (χ1) is 12.9. The van der Waals surface area contributed by atoms with Gasteiger partial charge in [-0.1, -0.05) is 17.7 Å². The highest BCUT2D eigenvalue weighted by atomic mass is 35.5. The molecule has 142 valence electrons. The lowest BCUT2D eigenvalue weighted by Gasteiger charge is -2.22. The van der Waals surface area contributed by atoms with E-state index in [0.717, 1.165) is 29.9 Å². The van der Waals surface area contributed by atoms with Crippen LogP contribution in [-0.2, 0) is 13.0 Å². The van der Waals surface area contributed by atoms with Gasteiger partial charge in [-0.15, -0.1) is 11.3 Å². The molecule has 0 radical (unpaired) electrons. The quantitative estimate of drug-likeness (QED) is 0.699. The predicted molar refractivity (Wildman–Crippen MR) is 110 cm³/mol. The molecule has 1 aliphatic rings. The highest BCUT2D eigenvalue weighted by Gasteiger charge is 2.24. The van der Waals surface area contributed by atoms with E-state index in [9.17, 15) is 9.90 Å². The molecule has 3 aromatic rings. The summed E-state index contributed by atoms with van der Waals surface area (Å²) < 4.78 is 1.56. The fourth-order valence-corrected chi connectivity index (χ4v) is 4.86. The van der Waals surface area contributed by atoms with Crippen molar-refractivity contribution in [3.8, 4) is 5.69 Å². The third-order valence-electron chi connectivity index (χ3n) is 4.69. The van der Waals surface area contributed by atoms with Crippen molar-refractivity contribution >= 4 is 39.1 Å². The number of likely N-dealkylation sites (N-methyl/N-ethyl adjacent to an activating group) is 1. The van der Waals surface area contributed by atoms with Crippen LogP contribution in [0.1, 0.15) is 17.4 Å². The number of nitrogens with one attached hydrogen (secondary N) is 1. The van der Waals surface area contributed by atoms with Crippen LogP contribution in [0, 0.1) is 0 Å². The lowest BCUT2D eigenvalue weighted by molar-refractivity contribution is 0.208. The number of hydrogen-bond donors (Lipinski definition) is 2. The van der Waals surface area contributed by atoms with Gasteiger partial charge in [-0.05, 0) is 44.2 Å². The van der Waals surface area contributed by atoms with E-state index in [-0.39, 0.29) is 5.56 Å². The Bertz CT molecular complexity index is 1060. The molecular weight excluding hydrogens is 384 g/mol. The molecule has 3 heterocycles. The van der Waals surface area contributed by atoms with Gasteiger partial charge in [0.05, 0.1) is 17.2 Å². The first-order valence-corrected chi connectivity index (χ1v) is 10.1. The Hall–Kier alpha value is -1.93. The van der Waals surface area contributed by atoms with Gasteiger partial charge in [0.2, 0.25) is 5.95 Å². The molecule has 8 heteroatoms. The fraction of sp³-hybridized carbons (Fsp3) is 0.368. The van der Waals surface area contributed by atoms with Gasteiger partial charge in [0.1, 0.15) is 4.83 Å². The molecule has 4 rings (SSSR count). The molecule has 0 fully saturated rings. The van der Waals surface area contributed by atoms with Crippen LogP contribution in [0.25, 0.3) is 15.9 Å². The van der Waals surface area contributed by atoms with Crippen molar-refractivity contribution in [2.45, 2.75) is 26.0 Å². The molecule has 0 spiro atoms. The number of rotatable bonds is 4. The number of fused-ring (bicyclic) bond motifs is 3. The number of thiophene rings is 1. The molecule has 0 aliphatic carbocycles. The molecule has 2 aromatic heterocycles. The maximum absolute atomic E-state index is 13.5.